The molecule has 4 nitrogen and oxygen atoms in total. The maximum absolute atomic E-state index is 13.2. The van der Waals surface area contributed by atoms with Crippen LogP contribution in [-0.4, -0.2) is 30.3 Å². The Bertz CT molecular complexity index is 625. The lowest BCUT2D eigenvalue weighted by atomic mass is 10.0. The van der Waals surface area contributed by atoms with Crippen molar-refractivity contribution in [3.05, 3.63) is 46.8 Å². The Kier molecular flexibility index (Phi) is 5.77. The van der Waals surface area contributed by atoms with Crippen molar-refractivity contribution in [3.63, 3.8) is 0 Å². The molecule has 2 amide bonds. The summed E-state index contributed by atoms with van der Waals surface area (Å²) >= 11 is 6.11. The van der Waals surface area contributed by atoms with Gasteiger partial charge in [0.2, 0.25) is 11.8 Å². The largest absolute Gasteiger partial charge is 0.358 e. The number of hydrogen-bond acceptors (Lipinski definition) is 2. The van der Waals surface area contributed by atoms with Gasteiger partial charge in [0.25, 0.3) is 0 Å². The summed E-state index contributed by atoms with van der Waals surface area (Å²) in [5.41, 5.74) is 0.622. The van der Waals surface area contributed by atoms with Crippen molar-refractivity contribution >= 4 is 23.4 Å². The third kappa shape index (κ3) is 4.10. The second-order valence-corrected chi connectivity index (χ2v) is 6.03. The van der Waals surface area contributed by atoms with Gasteiger partial charge in [-0.15, -0.1) is 0 Å². The highest BCUT2D eigenvalue weighted by Crippen LogP contribution is 2.31. The average Bonchev–Trinajstić information content (AvgIpc) is 3.05. The molecule has 0 radical (unpaired) electrons. The number of rotatable bonds is 5. The number of hydrogen-bond donors (Lipinski definition) is 1. The van der Waals surface area contributed by atoms with Crippen LogP contribution in [0.15, 0.2) is 30.4 Å². The van der Waals surface area contributed by atoms with Gasteiger partial charge in [-0.2, -0.15) is 0 Å². The van der Waals surface area contributed by atoms with Crippen LogP contribution in [0.25, 0.3) is 0 Å². The third-order valence-corrected chi connectivity index (χ3v) is 4.44. The van der Waals surface area contributed by atoms with Gasteiger partial charge >= 0.3 is 0 Å². The predicted molar refractivity (Wildman–Crippen MR) is 87.5 cm³/mol. The van der Waals surface area contributed by atoms with Crippen LogP contribution in [0.2, 0.25) is 5.02 Å². The van der Waals surface area contributed by atoms with Crippen LogP contribution in [0.5, 0.6) is 0 Å². The zero-order valence-corrected chi connectivity index (χ0v) is 13.9. The number of nitrogens with zero attached hydrogens (tertiary/aromatic N) is 1. The SMILES string of the molecule is CNC(=O)CN(C(=O)C1CC=CC1)C(C)c1ccc(F)cc1Cl. The average molecular weight is 339 g/mol. The van der Waals surface area contributed by atoms with E-state index in [9.17, 15) is 14.0 Å². The zero-order chi connectivity index (χ0) is 17.0. The highest BCUT2D eigenvalue weighted by molar-refractivity contribution is 6.31. The minimum Gasteiger partial charge on any atom is -0.358 e. The van der Waals surface area contributed by atoms with Crippen molar-refractivity contribution in [1.29, 1.82) is 0 Å². The molecular formula is C17H20ClFN2O2. The lowest BCUT2D eigenvalue weighted by Gasteiger charge is -2.31. The number of allylic oxidation sites excluding steroid dienone is 2. The first-order valence-electron chi connectivity index (χ1n) is 7.55. The summed E-state index contributed by atoms with van der Waals surface area (Å²) in [6.07, 6.45) is 5.28. The second kappa shape index (κ2) is 7.59. The van der Waals surface area contributed by atoms with Gasteiger partial charge in [-0.25, -0.2) is 4.39 Å². The summed E-state index contributed by atoms with van der Waals surface area (Å²) in [7, 11) is 1.53. The number of benzene rings is 1. The highest BCUT2D eigenvalue weighted by Gasteiger charge is 2.30. The van der Waals surface area contributed by atoms with Gasteiger partial charge in [0.15, 0.2) is 0 Å². The van der Waals surface area contributed by atoms with Crippen molar-refractivity contribution in [2.75, 3.05) is 13.6 Å². The summed E-state index contributed by atoms with van der Waals surface area (Å²) in [5.74, 6) is -0.933. The molecule has 0 bridgehead atoms. The molecule has 0 fully saturated rings. The third-order valence-electron chi connectivity index (χ3n) is 4.11. The van der Waals surface area contributed by atoms with E-state index in [-0.39, 0.29) is 29.3 Å². The molecule has 0 saturated carbocycles. The van der Waals surface area contributed by atoms with Crippen molar-refractivity contribution in [1.82, 2.24) is 10.2 Å². The molecule has 0 saturated heterocycles. The van der Waals surface area contributed by atoms with E-state index in [1.54, 1.807) is 13.0 Å². The maximum atomic E-state index is 13.2. The number of likely N-dealkylation sites (N-methyl/N-ethyl adjacent to an activating group) is 1. The van der Waals surface area contributed by atoms with Crippen LogP contribution in [0, 0.1) is 11.7 Å². The van der Waals surface area contributed by atoms with Crippen LogP contribution < -0.4 is 5.32 Å². The fourth-order valence-electron chi connectivity index (χ4n) is 2.70. The topological polar surface area (TPSA) is 49.4 Å². The van der Waals surface area contributed by atoms with Crippen LogP contribution in [-0.2, 0) is 9.59 Å². The van der Waals surface area contributed by atoms with Crippen LogP contribution in [0.1, 0.15) is 31.4 Å². The maximum Gasteiger partial charge on any atom is 0.239 e. The van der Waals surface area contributed by atoms with Gasteiger partial charge in [-0.05, 0) is 37.5 Å². The monoisotopic (exact) mass is 338 g/mol. The molecule has 23 heavy (non-hydrogen) atoms. The van der Waals surface area contributed by atoms with E-state index in [2.05, 4.69) is 5.32 Å². The van der Waals surface area contributed by atoms with Crippen molar-refractivity contribution in [2.24, 2.45) is 5.92 Å². The molecule has 1 aliphatic carbocycles. The van der Waals surface area contributed by atoms with E-state index >= 15 is 0 Å². The zero-order valence-electron chi connectivity index (χ0n) is 13.2. The molecule has 0 spiro atoms. The Labute approximate surface area is 140 Å². The molecule has 124 valence electrons. The summed E-state index contributed by atoms with van der Waals surface area (Å²) in [4.78, 5) is 26.1. The number of amides is 2. The fourth-order valence-corrected chi connectivity index (χ4v) is 3.03. The van der Waals surface area contributed by atoms with Crippen LogP contribution in [0.4, 0.5) is 4.39 Å². The Morgan fingerprint density at radius 1 is 1.39 bits per heavy atom. The number of nitrogens with one attached hydrogen (secondary N) is 1. The molecule has 1 aromatic carbocycles. The van der Waals surface area contributed by atoms with Crippen molar-refractivity contribution in [2.45, 2.75) is 25.8 Å². The van der Waals surface area contributed by atoms with Crippen molar-refractivity contribution in [3.8, 4) is 0 Å². The smallest absolute Gasteiger partial charge is 0.239 e. The summed E-state index contributed by atoms with van der Waals surface area (Å²) in [6.45, 7) is 1.74. The predicted octanol–water partition coefficient (Wildman–Crippen LogP) is 3.08. The summed E-state index contributed by atoms with van der Waals surface area (Å²) in [6, 6.07) is 3.65. The van der Waals surface area contributed by atoms with Gasteiger partial charge < -0.3 is 10.2 Å². The fraction of sp³-hybridized carbons (Fsp3) is 0.412. The van der Waals surface area contributed by atoms with E-state index in [0.29, 0.717) is 18.4 Å². The van der Waals surface area contributed by atoms with Gasteiger partial charge in [0.1, 0.15) is 12.4 Å². The van der Waals surface area contributed by atoms with Gasteiger partial charge in [0, 0.05) is 18.0 Å². The molecule has 0 heterocycles. The molecule has 1 aromatic rings. The lowest BCUT2D eigenvalue weighted by Crippen LogP contribution is -2.43. The Morgan fingerprint density at radius 2 is 2.04 bits per heavy atom. The van der Waals surface area contributed by atoms with Gasteiger partial charge in [-0.3, -0.25) is 9.59 Å². The molecule has 1 unspecified atom stereocenters. The second-order valence-electron chi connectivity index (χ2n) is 5.62. The number of carbonyl (C=O) groups excluding carboxylic acids is 2. The first-order chi connectivity index (χ1) is 10.9. The first-order valence-corrected chi connectivity index (χ1v) is 7.92. The van der Waals surface area contributed by atoms with E-state index in [0.717, 1.165) is 0 Å². The first kappa shape index (κ1) is 17.5. The minimum absolute atomic E-state index is 0.0549. The minimum atomic E-state index is -0.435. The molecular weight excluding hydrogens is 319 g/mol. The number of halogens is 2. The quantitative estimate of drug-likeness (QED) is 0.839. The van der Waals surface area contributed by atoms with Gasteiger partial charge in [-0.1, -0.05) is 29.8 Å². The van der Waals surface area contributed by atoms with Crippen molar-refractivity contribution < 1.29 is 14.0 Å². The van der Waals surface area contributed by atoms with E-state index in [1.165, 1.54) is 24.1 Å². The molecule has 2 rings (SSSR count). The molecule has 6 heteroatoms. The van der Waals surface area contributed by atoms with Gasteiger partial charge in [0.05, 0.1) is 6.04 Å². The van der Waals surface area contributed by atoms with E-state index in [4.69, 9.17) is 11.6 Å². The molecule has 0 aliphatic heterocycles. The standard InChI is InChI=1S/C17H20ClFN2O2/c1-11(14-8-7-13(19)9-15(14)18)21(10-16(22)20-2)17(23)12-5-3-4-6-12/h3-4,7-9,11-12H,5-6,10H2,1-2H3,(H,20,22). The summed E-state index contributed by atoms with van der Waals surface area (Å²) in [5, 5.41) is 2.78. The molecule has 1 atom stereocenters. The summed E-state index contributed by atoms with van der Waals surface area (Å²) < 4.78 is 13.2. The van der Waals surface area contributed by atoms with E-state index in [1.807, 2.05) is 12.2 Å². The van der Waals surface area contributed by atoms with Crippen LogP contribution in [0.3, 0.4) is 0 Å². The van der Waals surface area contributed by atoms with Crippen LogP contribution >= 0.6 is 11.6 Å². The number of carbonyl (C=O) groups is 2. The molecule has 0 aromatic heterocycles. The Morgan fingerprint density at radius 3 is 2.61 bits per heavy atom. The van der Waals surface area contributed by atoms with E-state index < -0.39 is 11.9 Å². The Hall–Kier alpha value is -1.88. The molecule has 1 aliphatic rings. The molecule has 1 N–H and O–H groups in total. The highest BCUT2D eigenvalue weighted by atomic mass is 35.5. The lowest BCUT2D eigenvalue weighted by molar-refractivity contribution is -0.141. The Balaban J connectivity index is 2.27. The normalized spacial score (nSPS) is 15.5.